The van der Waals surface area contributed by atoms with Crippen LogP contribution in [0.4, 0.5) is 13.2 Å². The molecule has 1 aliphatic rings. The fourth-order valence-corrected chi connectivity index (χ4v) is 3.62. The first kappa shape index (κ1) is 20.9. The van der Waals surface area contributed by atoms with E-state index in [1.807, 2.05) is 6.92 Å². The lowest BCUT2D eigenvalue weighted by Crippen LogP contribution is -2.26. The van der Waals surface area contributed by atoms with E-state index in [0.29, 0.717) is 18.3 Å². The molecule has 1 saturated heterocycles. The minimum Gasteiger partial charge on any atom is -0.494 e. The standard InChI is InChI=1S/C22H20F3N3O3/c1-2-30-17-9-7-14(8-10-17)20-26-21(31-27-20)16-11-19(29)28(13-16)12-15-5-3-4-6-18(15)22(23,24)25/h3-10,16H,2,11-13H2,1H3. The van der Waals surface area contributed by atoms with Crippen molar-refractivity contribution in [2.75, 3.05) is 13.2 Å². The zero-order valence-corrected chi connectivity index (χ0v) is 16.7. The van der Waals surface area contributed by atoms with Crippen LogP contribution < -0.4 is 4.74 Å². The van der Waals surface area contributed by atoms with Gasteiger partial charge >= 0.3 is 6.18 Å². The van der Waals surface area contributed by atoms with Gasteiger partial charge in [-0.3, -0.25) is 4.79 Å². The molecule has 9 heteroatoms. The van der Waals surface area contributed by atoms with E-state index in [-0.39, 0.29) is 36.9 Å². The van der Waals surface area contributed by atoms with E-state index >= 15 is 0 Å². The molecule has 1 unspecified atom stereocenters. The number of nitrogens with zero attached hydrogens (tertiary/aromatic N) is 3. The maximum absolute atomic E-state index is 13.2. The number of hydrogen-bond donors (Lipinski definition) is 0. The van der Waals surface area contributed by atoms with Crippen LogP contribution in [0.25, 0.3) is 11.4 Å². The number of rotatable bonds is 6. The fourth-order valence-electron chi connectivity index (χ4n) is 3.62. The van der Waals surface area contributed by atoms with Crippen molar-refractivity contribution in [2.45, 2.75) is 32.0 Å². The molecule has 0 radical (unpaired) electrons. The van der Waals surface area contributed by atoms with Crippen LogP contribution in [0.1, 0.15) is 36.3 Å². The molecule has 1 aliphatic heterocycles. The summed E-state index contributed by atoms with van der Waals surface area (Å²) in [6.07, 6.45) is -4.36. The maximum Gasteiger partial charge on any atom is 0.416 e. The van der Waals surface area contributed by atoms with Gasteiger partial charge in [0, 0.05) is 25.1 Å². The van der Waals surface area contributed by atoms with Crippen LogP contribution in [0.2, 0.25) is 0 Å². The van der Waals surface area contributed by atoms with Crippen LogP contribution in [0.5, 0.6) is 5.75 Å². The Kier molecular flexibility index (Phi) is 5.67. The first-order valence-electron chi connectivity index (χ1n) is 9.85. The summed E-state index contributed by atoms with van der Waals surface area (Å²) in [7, 11) is 0. The minimum absolute atomic E-state index is 0.0598. The Morgan fingerprint density at radius 1 is 1.16 bits per heavy atom. The molecule has 31 heavy (non-hydrogen) atoms. The third kappa shape index (κ3) is 4.55. The third-order valence-electron chi connectivity index (χ3n) is 5.11. The van der Waals surface area contributed by atoms with Gasteiger partial charge in [0.2, 0.25) is 17.6 Å². The molecule has 3 aromatic rings. The molecule has 1 aromatic heterocycles. The van der Waals surface area contributed by atoms with Crippen molar-refractivity contribution in [1.82, 2.24) is 15.0 Å². The summed E-state index contributed by atoms with van der Waals surface area (Å²) in [5.74, 6) is 0.790. The average molecular weight is 431 g/mol. The van der Waals surface area contributed by atoms with Crippen molar-refractivity contribution >= 4 is 5.91 Å². The van der Waals surface area contributed by atoms with Crippen molar-refractivity contribution in [3.8, 4) is 17.1 Å². The number of hydrogen-bond acceptors (Lipinski definition) is 5. The summed E-state index contributed by atoms with van der Waals surface area (Å²) in [5, 5.41) is 3.98. The predicted octanol–water partition coefficient (Wildman–Crippen LogP) is 4.67. The number of aromatic nitrogens is 2. The molecule has 6 nitrogen and oxygen atoms in total. The largest absolute Gasteiger partial charge is 0.494 e. The molecule has 0 bridgehead atoms. The summed E-state index contributed by atoms with van der Waals surface area (Å²) >= 11 is 0. The molecule has 0 saturated carbocycles. The molecule has 1 amide bonds. The van der Waals surface area contributed by atoms with Crippen LogP contribution in [0, 0.1) is 0 Å². The first-order valence-corrected chi connectivity index (χ1v) is 9.85. The van der Waals surface area contributed by atoms with Crippen molar-refractivity contribution in [3.05, 3.63) is 65.5 Å². The Hall–Kier alpha value is -3.36. The molecule has 1 fully saturated rings. The van der Waals surface area contributed by atoms with Gasteiger partial charge in [-0.25, -0.2) is 0 Å². The van der Waals surface area contributed by atoms with E-state index in [4.69, 9.17) is 9.26 Å². The second kappa shape index (κ2) is 8.41. The van der Waals surface area contributed by atoms with Gasteiger partial charge in [0.15, 0.2) is 0 Å². The highest BCUT2D eigenvalue weighted by Crippen LogP contribution is 2.34. The number of carbonyl (C=O) groups is 1. The first-order chi connectivity index (χ1) is 14.8. The highest BCUT2D eigenvalue weighted by molar-refractivity contribution is 5.79. The van der Waals surface area contributed by atoms with Crippen LogP contribution in [-0.4, -0.2) is 34.1 Å². The van der Waals surface area contributed by atoms with E-state index in [1.165, 1.54) is 23.1 Å². The van der Waals surface area contributed by atoms with E-state index in [9.17, 15) is 18.0 Å². The Morgan fingerprint density at radius 2 is 1.90 bits per heavy atom. The van der Waals surface area contributed by atoms with Crippen LogP contribution >= 0.6 is 0 Å². The summed E-state index contributed by atoms with van der Waals surface area (Å²) in [6.45, 7) is 2.56. The molecule has 2 aromatic carbocycles. The Bertz CT molecular complexity index is 1060. The molecule has 0 spiro atoms. The number of amides is 1. The molecule has 4 rings (SSSR count). The molecule has 0 N–H and O–H groups in total. The molecule has 2 heterocycles. The number of carbonyl (C=O) groups excluding carboxylic acids is 1. The SMILES string of the molecule is CCOc1ccc(-c2noc(C3CC(=O)N(Cc4ccccc4C(F)(F)F)C3)n2)cc1. The second-order valence-electron chi connectivity index (χ2n) is 7.24. The van der Waals surface area contributed by atoms with E-state index in [2.05, 4.69) is 10.1 Å². The molecule has 0 aliphatic carbocycles. The number of halogens is 3. The maximum atomic E-state index is 13.2. The Balaban J connectivity index is 1.47. The van der Waals surface area contributed by atoms with E-state index < -0.39 is 11.7 Å². The van der Waals surface area contributed by atoms with Crippen LogP contribution in [-0.2, 0) is 17.5 Å². The smallest absolute Gasteiger partial charge is 0.416 e. The summed E-state index contributed by atoms with van der Waals surface area (Å²) in [4.78, 5) is 18.2. The van der Waals surface area contributed by atoms with Gasteiger partial charge in [-0.1, -0.05) is 23.4 Å². The van der Waals surface area contributed by atoms with Gasteiger partial charge < -0.3 is 14.2 Å². The van der Waals surface area contributed by atoms with Crippen LogP contribution in [0.3, 0.4) is 0 Å². The van der Waals surface area contributed by atoms with E-state index in [0.717, 1.165) is 17.4 Å². The molecule has 162 valence electrons. The van der Waals surface area contributed by atoms with Crippen LogP contribution in [0.15, 0.2) is 53.1 Å². The quantitative estimate of drug-likeness (QED) is 0.567. The second-order valence-corrected chi connectivity index (χ2v) is 7.24. The highest BCUT2D eigenvalue weighted by Gasteiger charge is 2.37. The lowest BCUT2D eigenvalue weighted by atomic mass is 10.1. The fraction of sp³-hybridized carbons (Fsp3) is 0.318. The van der Waals surface area contributed by atoms with Gasteiger partial charge in [-0.05, 0) is 42.8 Å². The van der Waals surface area contributed by atoms with Gasteiger partial charge in [0.1, 0.15) is 5.75 Å². The van der Waals surface area contributed by atoms with Crippen molar-refractivity contribution in [2.24, 2.45) is 0 Å². The monoisotopic (exact) mass is 431 g/mol. The minimum atomic E-state index is -4.47. The normalized spacial score (nSPS) is 16.7. The zero-order valence-electron chi connectivity index (χ0n) is 16.7. The average Bonchev–Trinajstić information content (AvgIpc) is 3.36. The number of likely N-dealkylation sites (tertiary alicyclic amines) is 1. The number of ether oxygens (including phenoxy) is 1. The van der Waals surface area contributed by atoms with Gasteiger partial charge in [-0.2, -0.15) is 18.2 Å². The third-order valence-corrected chi connectivity index (χ3v) is 5.11. The summed E-state index contributed by atoms with van der Waals surface area (Å²) in [5.41, 5.74) is 0.0603. The van der Waals surface area contributed by atoms with Gasteiger partial charge in [-0.15, -0.1) is 0 Å². The Labute approximate surface area is 176 Å². The van der Waals surface area contributed by atoms with Gasteiger partial charge in [0.25, 0.3) is 0 Å². The van der Waals surface area contributed by atoms with Crippen molar-refractivity contribution < 1.29 is 27.2 Å². The highest BCUT2D eigenvalue weighted by atomic mass is 19.4. The summed E-state index contributed by atoms with van der Waals surface area (Å²) < 4.78 is 50.5. The molecule has 1 atom stereocenters. The summed E-state index contributed by atoms with van der Waals surface area (Å²) in [6, 6.07) is 12.5. The lowest BCUT2D eigenvalue weighted by Gasteiger charge is -2.19. The van der Waals surface area contributed by atoms with E-state index in [1.54, 1.807) is 24.3 Å². The topological polar surface area (TPSA) is 68.5 Å². The lowest BCUT2D eigenvalue weighted by molar-refractivity contribution is -0.139. The predicted molar refractivity (Wildman–Crippen MR) is 105 cm³/mol. The molecular formula is C22H20F3N3O3. The molecular weight excluding hydrogens is 411 g/mol. The van der Waals surface area contributed by atoms with Crippen molar-refractivity contribution in [3.63, 3.8) is 0 Å². The number of alkyl halides is 3. The zero-order chi connectivity index (χ0) is 22.0. The van der Waals surface area contributed by atoms with Gasteiger partial charge in [0.05, 0.1) is 18.1 Å². The van der Waals surface area contributed by atoms with Crippen molar-refractivity contribution in [1.29, 1.82) is 0 Å². The number of benzene rings is 2. The Morgan fingerprint density at radius 3 is 2.61 bits per heavy atom.